The first kappa shape index (κ1) is 23.4. The second kappa shape index (κ2) is 11.3. The summed E-state index contributed by atoms with van der Waals surface area (Å²) in [4.78, 5) is 27.3. The molecule has 0 bridgehead atoms. The smallest absolute Gasteiger partial charge is 0.305 e. The molecule has 0 atom stereocenters. The van der Waals surface area contributed by atoms with E-state index in [-0.39, 0.29) is 18.3 Å². The quantitative estimate of drug-likeness (QED) is 0.374. The summed E-state index contributed by atoms with van der Waals surface area (Å²) in [6.07, 6.45) is 0.675. The second-order valence-electron chi connectivity index (χ2n) is 7.09. The van der Waals surface area contributed by atoms with Gasteiger partial charge in [0.15, 0.2) is 0 Å². The maximum absolute atomic E-state index is 13.7. The summed E-state index contributed by atoms with van der Waals surface area (Å²) in [6.45, 7) is 2.43. The average molecular weight is 452 g/mol. The molecule has 0 radical (unpaired) electrons. The van der Waals surface area contributed by atoms with Gasteiger partial charge in [-0.05, 0) is 43.2 Å². The van der Waals surface area contributed by atoms with E-state index in [1.807, 2.05) is 54.6 Å². The predicted octanol–water partition coefficient (Wildman–Crippen LogP) is 6.01. The zero-order valence-corrected chi connectivity index (χ0v) is 19.0. The lowest BCUT2D eigenvalue weighted by Gasteiger charge is -2.26. The largest absolute Gasteiger partial charge is 0.496 e. The van der Waals surface area contributed by atoms with Gasteiger partial charge in [0.1, 0.15) is 5.75 Å². The lowest BCUT2D eigenvalue weighted by atomic mass is 10.0. The number of nitrogens with zero attached hydrogens (tertiary/aromatic N) is 1. The van der Waals surface area contributed by atoms with Crippen LogP contribution >= 0.6 is 11.6 Å². The van der Waals surface area contributed by atoms with Gasteiger partial charge in [-0.25, -0.2) is 0 Å². The molecule has 0 unspecified atom stereocenters. The zero-order chi connectivity index (χ0) is 22.9. The van der Waals surface area contributed by atoms with Gasteiger partial charge in [0, 0.05) is 23.6 Å². The molecular formula is C26H26ClNO4. The number of carbonyl (C=O) groups is 2. The summed E-state index contributed by atoms with van der Waals surface area (Å²) in [5.41, 5.74) is 3.01. The standard InChI is InChI=1S/C26H26ClNO4/c1-3-32-25(29)14-9-17-28(26(30)22-18-20(27)15-16-24(22)31-2)23-13-8-7-12-21(23)19-10-5-4-6-11-19/h4-8,10-13,15-16,18H,3,9,14,17H2,1-2H3. The summed E-state index contributed by atoms with van der Waals surface area (Å²) in [5, 5.41) is 0.442. The number of anilines is 1. The SMILES string of the molecule is CCOC(=O)CCCN(C(=O)c1cc(Cl)ccc1OC)c1ccccc1-c1ccccc1. The molecule has 0 N–H and O–H groups in total. The third kappa shape index (κ3) is 5.68. The Kier molecular flexibility index (Phi) is 8.28. The number of halogens is 1. The first-order chi connectivity index (χ1) is 15.5. The maximum Gasteiger partial charge on any atom is 0.305 e. The number of rotatable bonds is 9. The van der Waals surface area contributed by atoms with E-state index in [0.717, 1.165) is 16.8 Å². The molecule has 3 aromatic rings. The van der Waals surface area contributed by atoms with Crippen molar-refractivity contribution < 1.29 is 19.1 Å². The number of amides is 1. The van der Waals surface area contributed by atoms with Crippen molar-refractivity contribution in [3.05, 3.63) is 83.4 Å². The fourth-order valence-electron chi connectivity index (χ4n) is 3.51. The Bertz CT molecular complexity index is 1070. The van der Waals surface area contributed by atoms with Gasteiger partial charge in [0.2, 0.25) is 0 Å². The van der Waals surface area contributed by atoms with Gasteiger partial charge < -0.3 is 14.4 Å². The normalized spacial score (nSPS) is 10.5. The van der Waals surface area contributed by atoms with Crippen LogP contribution in [0.5, 0.6) is 5.75 Å². The van der Waals surface area contributed by atoms with E-state index in [2.05, 4.69) is 0 Å². The Labute approximate surface area is 193 Å². The Hall–Kier alpha value is -3.31. The van der Waals surface area contributed by atoms with Crippen LogP contribution in [-0.2, 0) is 9.53 Å². The van der Waals surface area contributed by atoms with Gasteiger partial charge in [-0.3, -0.25) is 9.59 Å². The lowest BCUT2D eigenvalue weighted by molar-refractivity contribution is -0.143. The number of hydrogen-bond acceptors (Lipinski definition) is 4. The monoisotopic (exact) mass is 451 g/mol. The van der Waals surface area contributed by atoms with Crippen LogP contribution in [0.4, 0.5) is 5.69 Å². The van der Waals surface area contributed by atoms with Crippen LogP contribution < -0.4 is 9.64 Å². The third-order valence-corrected chi connectivity index (χ3v) is 5.22. The lowest BCUT2D eigenvalue weighted by Crippen LogP contribution is -2.33. The molecule has 0 aliphatic carbocycles. The molecule has 6 heteroatoms. The van der Waals surface area contributed by atoms with Crippen LogP contribution in [-0.4, -0.2) is 32.1 Å². The fourth-order valence-corrected chi connectivity index (χ4v) is 3.68. The number of para-hydroxylation sites is 1. The predicted molar refractivity (Wildman–Crippen MR) is 127 cm³/mol. The highest BCUT2D eigenvalue weighted by Crippen LogP contribution is 2.33. The van der Waals surface area contributed by atoms with Crippen LogP contribution in [0.15, 0.2) is 72.8 Å². The van der Waals surface area contributed by atoms with E-state index in [4.69, 9.17) is 21.1 Å². The van der Waals surface area contributed by atoms with Gasteiger partial charge in [-0.2, -0.15) is 0 Å². The Morgan fingerprint density at radius 3 is 2.41 bits per heavy atom. The molecule has 0 aliphatic heterocycles. The van der Waals surface area contributed by atoms with Crippen molar-refractivity contribution in [2.45, 2.75) is 19.8 Å². The minimum absolute atomic E-state index is 0.220. The van der Waals surface area contributed by atoms with Crippen LogP contribution in [0.1, 0.15) is 30.1 Å². The molecule has 5 nitrogen and oxygen atoms in total. The molecule has 0 saturated heterocycles. The van der Waals surface area contributed by atoms with Crippen molar-refractivity contribution in [3.63, 3.8) is 0 Å². The van der Waals surface area contributed by atoms with Crippen molar-refractivity contribution in [2.24, 2.45) is 0 Å². The van der Waals surface area contributed by atoms with Crippen LogP contribution in [0, 0.1) is 0 Å². The van der Waals surface area contributed by atoms with Crippen molar-refractivity contribution in [2.75, 3.05) is 25.2 Å². The fraction of sp³-hybridized carbons (Fsp3) is 0.231. The number of methoxy groups -OCH3 is 1. The molecule has 166 valence electrons. The van der Waals surface area contributed by atoms with E-state index in [1.165, 1.54) is 7.11 Å². The summed E-state index contributed by atoms with van der Waals surface area (Å²) in [5.74, 6) is -0.0971. The average Bonchev–Trinajstić information content (AvgIpc) is 2.82. The van der Waals surface area contributed by atoms with Crippen molar-refractivity contribution in [1.82, 2.24) is 0 Å². The summed E-state index contributed by atoms with van der Waals surface area (Å²) >= 11 is 6.19. The molecule has 3 aromatic carbocycles. The first-order valence-electron chi connectivity index (χ1n) is 10.5. The van der Waals surface area contributed by atoms with E-state index >= 15 is 0 Å². The molecule has 0 heterocycles. The molecule has 0 saturated carbocycles. The van der Waals surface area contributed by atoms with E-state index in [9.17, 15) is 9.59 Å². The maximum atomic E-state index is 13.7. The number of hydrogen-bond donors (Lipinski definition) is 0. The minimum Gasteiger partial charge on any atom is -0.496 e. The summed E-state index contributed by atoms with van der Waals surface area (Å²) in [6, 6.07) is 22.5. The van der Waals surface area contributed by atoms with Crippen LogP contribution in [0.25, 0.3) is 11.1 Å². The molecule has 32 heavy (non-hydrogen) atoms. The van der Waals surface area contributed by atoms with Crippen molar-refractivity contribution in [3.8, 4) is 16.9 Å². The topological polar surface area (TPSA) is 55.8 Å². The van der Waals surface area contributed by atoms with Crippen LogP contribution in [0.2, 0.25) is 5.02 Å². The Morgan fingerprint density at radius 2 is 1.69 bits per heavy atom. The van der Waals surface area contributed by atoms with Crippen molar-refractivity contribution in [1.29, 1.82) is 0 Å². The highest BCUT2D eigenvalue weighted by Gasteiger charge is 2.24. The number of benzene rings is 3. The molecule has 0 spiro atoms. The molecule has 3 rings (SSSR count). The van der Waals surface area contributed by atoms with E-state index in [0.29, 0.717) is 35.9 Å². The molecule has 1 amide bonds. The number of esters is 1. The molecule has 0 aromatic heterocycles. The van der Waals surface area contributed by atoms with Crippen molar-refractivity contribution >= 4 is 29.2 Å². The van der Waals surface area contributed by atoms with E-state index in [1.54, 1.807) is 30.0 Å². The van der Waals surface area contributed by atoms with Gasteiger partial charge in [0.25, 0.3) is 5.91 Å². The highest BCUT2D eigenvalue weighted by molar-refractivity contribution is 6.31. The zero-order valence-electron chi connectivity index (χ0n) is 18.2. The minimum atomic E-state index is -0.281. The van der Waals surface area contributed by atoms with Gasteiger partial charge in [-0.15, -0.1) is 0 Å². The first-order valence-corrected chi connectivity index (χ1v) is 10.9. The Balaban J connectivity index is 2.02. The second-order valence-corrected chi connectivity index (χ2v) is 7.53. The van der Waals surface area contributed by atoms with Gasteiger partial charge in [0.05, 0.1) is 25.0 Å². The van der Waals surface area contributed by atoms with Gasteiger partial charge in [-0.1, -0.05) is 60.1 Å². The molecule has 0 aliphatic rings. The highest BCUT2D eigenvalue weighted by atomic mass is 35.5. The van der Waals surface area contributed by atoms with Crippen LogP contribution in [0.3, 0.4) is 0 Å². The van der Waals surface area contributed by atoms with Gasteiger partial charge >= 0.3 is 5.97 Å². The Morgan fingerprint density at radius 1 is 0.969 bits per heavy atom. The third-order valence-electron chi connectivity index (χ3n) is 4.98. The number of carbonyl (C=O) groups excluding carboxylic acids is 2. The van der Waals surface area contributed by atoms with E-state index < -0.39 is 0 Å². The summed E-state index contributed by atoms with van der Waals surface area (Å²) < 4.78 is 10.5. The molecular weight excluding hydrogens is 426 g/mol. The molecule has 0 fully saturated rings. The summed E-state index contributed by atoms with van der Waals surface area (Å²) in [7, 11) is 1.52. The number of ether oxygens (including phenoxy) is 2.